The lowest BCUT2D eigenvalue weighted by atomic mass is 10.2. The van der Waals surface area contributed by atoms with E-state index in [1.165, 1.54) is 23.0 Å². The molecule has 0 bridgehead atoms. The standard InChI is InChI=1S/C17H18ClN5O5/c1-2-22-15(17(25)21-5-7-28-8-6-21)13(10-19-22)20-16(24)11-3-4-12(18)14(9-11)23(26)27/h3-4,9-10H,2,5-8H2,1H3,(H,20,24). The van der Waals surface area contributed by atoms with E-state index in [9.17, 15) is 19.7 Å². The third-order valence-electron chi connectivity index (χ3n) is 4.29. The van der Waals surface area contributed by atoms with Crippen molar-refractivity contribution in [2.75, 3.05) is 31.6 Å². The second-order valence-corrected chi connectivity index (χ2v) is 6.41. The van der Waals surface area contributed by atoms with Crippen LogP contribution in [0, 0.1) is 10.1 Å². The molecule has 1 aromatic carbocycles. The normalized spacial score (nSPS) is 14.0. The highest BCUT2D eigenvalue weighted by molar-refractivity contribution is 6.32. The predicted molar refractivity (Wildman–Crippen MR) is 101 cm³/mol. The molecule has 0 spiro atoms. The van der Waals surface area contributed by atoms with Gasteiger partial charge >= 0.3 is 0 Å². The van der Waals surface area contributed by atoms with Crippen molar-refractivity contribution in [1.82, 2.24) is 14.7 Å². The fourth-order valence-electron chi connectivity index (χ4n) is 2.85. The summed E-state index contributed by atoms with van der Waals surface area (Å²) in [5.41, 5.74) is 0.162. The largest absolute Gasteiger partial charge is 0.378 e. The van der Waals surface area contributed by atoms with Crippen LogP contribution in [0.3, 0.4) is 0 Å². The van der Waals surface area contributed by atoms with Crippen molar-refractivity contribution >= 4 is 34.8 Å². The minimum atomic E-state index is -0.665. The first kappa shape index (κ1) is 19.8. The molecule has 1 saturated heterocycles. The van der Waals surface area contributed by atoms with Crippen molar-refractivity contribution in [3.63, 3.8) is 0 Å². The molecule has 1 aromatic heterocycles. The molecular weight excluding hydrogens is 390 g/mol. The number of anilines is 1. The second kappa shape index (κ2) is 8.36. The average molecular weight is 408 g/mol. The molecule has 0 atom stereocenters. The smallest absolute Gasteiger partial charge is 0.288 e. The lowest BCUT2D eigenvalue weighted by Crippen LogP contribution is -2.41. The Bertz CT molecular complexity index is 923. The topological polar surface area (TPSA) is 120 Å². The number of nitro groups is 1. The average Bonchev–Trinajstić information content (AvgIpc) is 3.10. The zero-order valence-electron chi connectivity index (χ0n) is 15.1. The summed E-state index contributed by atoms with van der Waals surface area (Å²) < 4.78 is 6.76. The fourth-order valence-corrected chi connectivity index (χ4v) is 3.03. The molecule has 28 heavy (non-hydrogen) atoms. The number of ether oxygens (including phenoxy) is 1. The zero-order valence-corrected chi connectivity index (χ0v) is 15.8. The van der Waals surface area contributed by atoms with Gasteiger partial charge in [0.15, 0.2) is 0 Å². The molecule has 0 saturated carbocycles. The zero-order chi connectivity index (χ0) is 20.3. The molecule has 0 unspecified atom stereocenters. The molecule has 2 heterocycles. The minimum Gasteiger partial charge on any atom is -0.378 e. The van der Waals surface area contributed by atoms with E-state index >= 15 is 0 Å². The van der Waals surface area contributed by atoms with Gasteiger partial charge in [0.05, 0.1) is 30.0 Å². The Balaban J connectivity index is 1.87. The number of rotatable bonds is 5. The van der Waals surface area contributed by atoms with Crippen molar-refractivity contribution in [1.29, 1.82) is 0 Å². The van der Waals surface area contributed by atoms with Gasteiger partial charge in [-0.25, -0.2) is 0 Å². The number of aryl methyl sites for hydroxylation is 1. The van der Waals surface area contributed by atoms with Crippen LogP contribution in [-0.2, 0) is 11.3 Å². The van der Waals surface area contributed by atoms with Gasteiger partial charge in [-0.15, -0.1) is 0 Å². The number of morpholine rings is 1. The van der Waals surface area contributed by atoms with Crippen molar-refractivity contribution in [3.05, 3.63) is 50.8 Å². The number of amides is 2. The summed E-state index contributed by atoms with van der Waals surface area (Å²) in [5.74, 6) is -0.869. The van der Waals surface area contributed by atoms with Crippen LogP contribution in [0.1, 0.15) is 27.8 Å². The number of hydrogen-bond acceptors (Lipinski definition) is 6. The summed E-state index contributed by atoms with van der Waals surface area (Å²) in [6.07, 6.45) is 1.39. The summed E-state index contributed by atoms with van der Waals surface area (Å²) in [5, 5.41) is 17.7. The van der Waals surface area contributed by atoms with Crippen LogP contribution >= 0.6 is 11.6 Å². The number of nitrogens with one attached hydrogen (secondary N) is 1. The highest BCUT2D eigenvalue weighted by atomic mass is 35.5. The van der Waals surface area contributed by atoms with Gasteiger partial charge in [0.1, 0.15) is 10.7 Å². The SMILES string of the molecule is CCn1ncc(NC(=O)c2ccc(Cl)c([N+](=O)[O-])c2)c1C(=O)N1CCOCC1. The number of nitrogens with zero attached hydrogens (tertiary/aromatic N) is 4. The Labute approximate surface area is 165 Å². The van der Waals surface area contributed by atoms with Crippen LogP contribution in [0.15, 0.2) is 24.4 Å². The van der Waals surface area contributed by atoms with Gasteiger partial charge < -0.3 is 15.0 Å². The first-order chi connectivity index (χ1) is 13.4. The third kappa shape index (κ3) is 3.97. The van der Waals surface area contributed by atoms with Gasteiger partial charge in [-0.1, -0.05) is 11.6 Å². The van der Waals surface area contributed by atoms with Crippen LogP contribution in [0.5, 0.6) is 0 Å². The monoisotopic (exact) mass is 407 g/mol. The Hall–Kier alpha value is -2.98. The van der Waals surface area contributed by atoms with E-state index in [0.29, 0.717) is 32.8 Å². The highest BCUT2D eigenvalue weighted by Gasteiger charge is 2.26. The Kier molecular flexibility index (Phi) is 5.90. The molecule has 10 nitrogen and oxygen atoms in total. The maximum absolute atomic E-state index is 12.9. The Morgan fingerprint density at radius 2 is 2.07 bits per heavy atom. The molecule has 3 rings (SSSR count). The van der Waals surface area contributed by atoms with E-state index in [2.05, 4.69) is 10.4 Å². The summed E-state index contributed by atoms with van der Waals surface area (Å²) in [6, 6.07) is 3.74. The number of carbonyl (C=O) groups excluding carboxylic acids is 2. The number of benzene rings is 1. The van der Waals surface area contributed by atoms with E-state index < -0.39 is 10.8 Å². The second-order valence-electron chi connectivity index (χ2n) is 6.00. The van der Waals surface area contributed by atoms with Gasteiger partial charge in [-0.2, -0.15) is 5.10 Å². The van der Waals surface area contributed by atoms with E-state index in [1.807, 2.05) is 6.92 Å². The van der Waals surface area contributed by atoms with Crippen molar-refractivity contribution in [3.8, 4) is 0 Å². The number of halogens is 1. The molecule has 1 fully saturated rings. The summed E-state index contributed by atoms with van der Waals surface area (Å²) in [7, 11) is 0. The fraction of sp³-hybridized carbons (Fsp3) is 0.353. The maximum atomic E-state index is 12.9. The molecule has 11 heteroatoms. The maximum Gasteiger partial charge on any atom is 0.288 e. The number of nitro benzene ring substituents is 1. The molecular formula is C17H18ClN5O5. The van der Waals surface area contributed by atoms with Crippen LogP contribution in [0.2, 0.25) is 5.02 Å². The van der Waals surface area contributed by atoms with Gasteiger partial charge in [-0.3, -0.25) is 24.4 Å². The van der Waals surface area contributed by atoms with Crippen molar-refractivity contribution in [2.45, 2.75) is 13.5 Å². The molecule has 2 amide bonds. The van der Waals surface area contributed by atoms with Gasteiger partial charge in [0.25, 0.3) is 17.5 Å². The number of carbonyl (C=O) groups is 2. The minimum absolute atomic E-state index is 0.0464. The van der Waals surface area contributed by atoms with Crippen LogP contribution < -0.4 is 5.32 Å². The summed E-state index contributed by atoms with van der Waals surface area (Å²) >= 11 is 5.78. The number of aromatic nitrogens is 2. The summed E-state index contributed by atoms with van der Waals surface area (Å²) in [6.45, 7) is 4.06. The third-order valence-corrected chi connectivity index (χ3v) is 4.61. The van der Waals surface area contributed by atoms with Gasteiger partial charge in [-0.05, 0) is 19.1 Å². The van der Waals surface area contributed by atoms with E-state index in [1.54, 1.807) is 4.90 Å². The molecule has 0 radical (unpaired) electrons. The lowest BCUT2D eigenvalue weighted by molar-refractivity contribution is -0.384. The number of hydrogen-bond donors (Lipinski definition) is 1. The van der Waals surface area contributed by atoms with Crippen molar-refractivity contribution in [2.24, 2.45) is 0 Å². The van der Waals surface area contributed by atoms with Crippen LogP contribution in [0.4, 0.5) is 11.4 Å². The highest BCUT2D eigenvalue weighted by Crippen LogP contribution is 2.26. The van der Waals surface area contributed by atoms with E-state index in [-0.39, 0.29) is 33.6 Å². The predicted octanol–water partition coefficient (Wildman–Crippen LogP) is 2.19. The Morgan fingerprint density at radius 1 is 1.36 bits per heavy atom. The molecule has 148 valence electrons. The van der Waals surface area contributed by atoms with Crippen molar-refractivity contribution < 1.29 is 19.2 Å². The molecule has 1 aliphatic heterocycles. The molecule has 1 aliphatic rings. The van der Waals surface area contributed by atoms with E-state index in [4.69, 9.17) is 16.3 Å². The van der Waals surface area contributed by atoms with Crippen LogP contribution in [0.25, 0.3) is 0 Å². The molecule has 1 N–H and O–H groups in total. The van der Waals surface area contributed by atoms with Gasteiger partial charge in [0.2, 0.25) is 0 Å². The lowest BCUT2D eigenvalue weighted by Gasteiger charge is -2.27. The van der Waals surface area contributed by atoms with E-state index in [0.717, 1.165) is 6.07 Å². The molecule has 0 aliphatic carbocycles. The van der Waals surface area contributed by atoms with Crippen LogP contribution in [-0.4, -0.2) is 57.7 Å². The summed E-state index contributed by atoms with van der Waals surface area (Å²) in [4.78, 5) is 37.5. The molecule has 2 aromatic rings. The Morgan fingerprint density at radius 3 is 2.71 bits per heavy atom. The first-order valence-electron chi connectivity index (χ1n) is 8.60. The quantitative estimate of drug-likeness (QED) is 0.599. The van der Waals surface area contributed by atoms with Gasteiger partial charge in [0, 0.05) is 31.3 Å². The first-order valence-corrected chi connectivity index (χ1v) is 8.98.